The molecule has 0 aliphatic rings. The summed E-state index contributed by atoms with van der Waals surface area (Å²) < 4.78 is 28.2. The molecule has 0 bridgehead atoms. The van der Waals surface area contributed by atoms with Gasteiger partial charge in [0.25, 0.3) is 5.91 Å². The fourth-order valence-corrected chi connectivity index (χ4v) is 3.92. The molecule has 1 amide bonds. The van der Waals surface area contributed by atoms with Crippen LogP contribution in [0.25, 0.3) is 11.1 Å². The lowest BCUT2D eigenvalue weighted by molar-refractivity contribution is 0.102. The summed E-state index contributed by atoms with van der Waals surface area (Å²) >= 11 is 0. The number of carbonyl (C=O) groups excluding carboxylic acids is 1. The first-order chi connectivity index (χ1) is 15.5. The van der Waals surface area contributed by atoms with Crippen LogP contribution in [0.5, 0.6) is 5.75 Å². The van der Waals surface area contributed by atoms with Gasteiger partial charge < -0.3 is 10.4 Å². The number of carbonyl (C=O) groups is 1. The molecule has 7 heteroatoms. The summed E-state index contributed by atoms with van der Waals surface area (Å²) in [5.74, 6) is -0.887. The Bertz CT molecular complexity index is 1260. The van der Waals surface area contributed by atoms with E-state index >= 15 is 0 Å². The topological polar surface area (TPSA) is 78.4 Å². The van der Waals surface area contributed by atoms with Gasteiger partial charge in [-0.25, -0.2) is 8.60 Å². The van der Waals surface area contributed by atoms with Gasteiger partial charge in [0.1, 0.15) is 22.6 Å². The van der Waals surface area contributed by atoms with Crippen molar-refractivity contribution in [2.75, 3.05) is 10.0 Å². The van der Waals surface area contributed by atoms with Crippen LogP contribution in [0.2, 0.25) is 0 Å². The molecule has 0 saturated heterocycles. The molecule has 4 aromatic carbocycles. The molecule has 0 fully saturated rings. The summed E-state index contributed by atoms with van der Waals surface area (Å²) in [7, 11) is -1.72. The number of anilines is 2. The Morgan fingerprint density at radius 3 is 2.16 bits per heavy atom. The van der Waals surface area contributed by atoms with Gasteiger partial charge in [0, 0.05) is 11.3 Å². The Kier molecular flexibility index (Phi) is 6.28. The van der Waals surface area contributed by atoms with Crippen LogP contribution in [-0.2, 0) is 11.0 Å². The second-order valence-corrected chi connectivity index (χ2v) is 8.17. The predicted octanol–water partition coefficient (Wildman–Crippen LogP) is 5.59. The highest BCUT2D eigenvalue weighted by molar-refractivity contribution is 7.86. The van der Waals surface area contributed by atoms with Crippen LogP contribution >= 0.6 is 0 Å². The molecule has 4 aromatic rings. The second-order valence-electron chi connectivity index (χ2n) is 6.95. The van der Waals surface area contributed by atoms with E-state index in [9.17, 15) is 18.5 Å². The third-order valence-corrected chi connectivity index (χ3v) is 5.84. The zero-order valence-electron chi connectivity index (χ0n) is 16.8. The number of rotatable bonds is 6. The van der Waals surface area contributed by atoms with E-state index in [2.05, 4.69) is 10.0 Å². The van der Waals surface area contributed by atoms with Gasteiger partial charge >= 0.3 is 0 Å². The molecule has 160 valence electrons. The first-order valence-corrected chi connectivity index (χ1v) is 10.9. The molecule has 0 aliphatic carbocycles. The molecule has 32 heavy (non-hydrogen) atoms. The number of phenols is 1. The lowest BCUT2D eigenvalue weighted by Gasteiger charge is -2.11. The van der Waals surface area contributed by atoms with E-state index in [-0.39, 0.29) is 17.3 Å². The van der Waals surface area contributed by atoms with Crippen molar-refractivity contribution in [3.05, 3.63) is 108 Å². The number of phenolic OH excluding ortho intramolecular Hbond substituents is 1. The largest absolute Gasteiger partial charge is 0.506 e. The van der Waals surface area contributed by atoms with E-state index in [0.717, 1.165) is 11.1 Å². The molecule has 0 aliphatic heterocycles. The van der Waals surface area contributed by atoms with Crippen LogP contribution < -0.4 is 10.0 Å². The first kappa shape index (κ1) is 21.3. The van der Waals surface area contributed by atoms with E-state index in [4.69, 9.17) is 0 Å². The SMILES string of the molecule is O=C(Nc1ccc(O)c(NS(=O)c2ccc(F)cc2)c1)c1ccc(-c2ccccc2)cc1. The van der Waals surface area contributed by atoms with Crippen LogP contribution in [0.3, 0.4) is 0 Å². The van der Waals surface area contributed by atoms with Crippen molar-refractivity contribution in [1.29, 1.82) is 0 Å². The normalized spacial score (nSPS) is 11.5. The molecule has 4 rings (SSSR count). The van der Waals surface area contributed by atoms with Gasteiger partial charge in [-0.2, -0.15) is 0 Å². The number of aromatic hydroxyl groups is 1. The average Bonchev–Trinajstić information content (AvgIpc) is 2.82. The fraction of sp³-hybridized carbons (Fsp3) is 0. The average molecular weight is 447 g/mol. The van der Waals surface area contributed by atoms with Crippen molar-refractivity contribution in [1.82, 2.24) is 0 Å². The van der Waals surface area contributed by atoms with Crippen LogP contribution in [0.1, 0.15) is 10.4 Å². The van der Waals surface area contributed by atoms with Crippen LogP contribution in [-0.4, -0.2) is 15.2 Å². The van der Waals surface area contributed by atoms with Crippen molar-refractivity contribution >= 4 is 28.3 Å². The first-order valence-electron chi connectivity index (χ1n) is 9.73. The minimum Gasteiger partial charge on any atom is -0.506 e. The minimum absolute atomic E-state index is 0.134. The van der Waals surface area contributed by atoms with Crippen molar-refractivity contribution in [3.8, 4) is 16.9 Å². The third kappa shape index (κ3) is 5.01. The maximum Gasteiger partial charge on any atom is 0.255 e. The summed E-state index contributed by atoms with van der Waals surface area (Å²) in [6.07, 6.45) is 0. The van der Waals surface area contributed by atoms with Crippen LogP contribution in [0.15, 0.2) is 102 Å². The van der Waals surface area contributed by atoms with Gasteiger partial charge in [-0.1, -0.05) is 42.5 Å². The molecule has 0 radical (unpaired) electrons. The predicted molar refractivity (Wildman–Crippen MR) is 124 cm³/mol. The van der Waals surface area contributed by atoms with E-state index in [1.807, 2.05) is 42.5 Å². The van der Waals surface area contributed by atoms with Gasteiger partial charge in [0.2, 0.25) is 0 Å². The maximum absolute atomic E-state index is 13.1. The van der Waals surface area contributed by atoms with E-state index in [1.54, 1.807) is 12.1 Å². The summed E-state index contributed by atoms with van der Waals surface area (Å²) in [6.45, 7) is 0. The molecule has 0 heterocycles. The van der Waals surface area contributed by atoms with E-state index < -0.39 is 16.8 Å². The Labute approximate surface area is 187 Å². The smallest absolute Gasteiger partial charge is 0.255 e. The molecule has 0 saturated carbocycles. The molecule has 3 N–H and O–H groups in total. The minimum atomic E-state index is -1.72. The Morgan fingerprint density at radius 1 is 0.812 bits per heavy atom. The molecule has 5 nitrogen and oxygen atoms in total. The molecular formula is C25H19FN2O3S. The molecule has 1 atom stereocenters. The van der Waals surface area contributed by atoms with Gasteiger partial charge in [-0.3, -0.25) is 9.52 Å². The molecule has 1 unspecified atom stereocenters. The summed E-state index contributed by atoms with van der Waals surface area (Å²) in [6, 6.07) is 26.7. The number of halogens is 1. The van der Waals surface area contributed by atoms with Gasteiger partial charge in [0.05, 0.1) is 10.6 Å². The third-order valence-electron chi connectivity index (χ3n) is 4.74. The number of hydrogen-bond donors (Lipinski definition) is 3. The van der Waals surface area contributed by atoms with Gasteiger partial charge in [0.15, 0.2) is 0 Å². The van der Waals surface area contributed by atoms with Crippen LogP contribution in [0, 0.1) is 5.82 Å². The van der Waals surface area contributed by atoms with Crippen molar-refractivity contribution < 1.29 is 18.5 Å². The molecule has 0 spiro atoms. The fourth-order valence-electron chi connectivity index (χ4n) is 3.06. The van der Waals surface area contributed by atoms with E-state index in [0.29, 0.717) is 16.1 Å². The maximum atomic E-state index is 13.1. The van der Waals surface area contributed by atoms with E-state index in [1.165, 1.54) is 42.5 Å². The number of amides is 1. The zero-order chi connectivity index (χ0) is 22.5. The lowest BCUT2D eigenvalue weighted by atomic mass is 10.0. The van der Waals surface area contributed by atoms with Crippen molar-refractivity contribution in [2.24, 2.45) is 0 Å². The number of hydrogen-bond acceptors (Lipinski definition) is 3. The lowest BCUT2D eigenvalue weighted by Crippen LogP contribution is -2.12. The van der Waals surface area contributed by atoms with Crippen LogP contribution in [0.4, 0.5) is 15.8 Å². The quantitative estimate of drug-likeness (QED) is 0.267. The summed E-state index contributed by atoms with van der Waals surface area (Å²) in [5, 5.41) is 12.9. The monoisotopic (exact) mass is 446 g/mol. The highest BCUT2D eigenvalue weighted by Gasteiger charge is 2.11. The summed E-state index contributed by atoms with van der Waals surface area (Å²) in [4.78, 5) is 13.0. The highest BCUT2D eigenvalue weighted by atomic mass is 32.2. The Hall–Kier alpha value is -3.97. The van der Waals surface area contributed by atoms with Crippen molar-refractivity contribution in [3.63, 3.8) is 0 Å². The Balaban J connectivity index is 1.47. The molecule has 0 aromatic heterocycles. The zero-order valence-corrected chi connectivity index (χ0v) is 17.6. The standard InChI is InChI=1S/C25H19FN2O3S/c26-20-10-13-22(14-11-20)32(31)28-23-16-21(12-15-24(23)29)27-25(30)19-8-6-18(7-9-19)17-4-2-1-3-5-17/h1-16,28-29H,(H,27,30). The molecular weight excluding hydrogens is 427 g/mol. The Morgan fingerprint density at radius 2 is 1.47 bits per heavy atom. The van der Waals surface area contributed by atoms with Gasteiger partial charge in [-0.05, 0) is 65.7 Å². The van der Waals surface area contributed by atoms with Gasteiger partial charge in [-0.15, -0.1) is 0 Å². The number of nitrogens with one attached hydrogen (secondary N) is 2. The van der Waals surface area contributed by atoms with Crippen molar-refractivity contribution in [2.45, 2.75) is 4.90 Å². The highest BCUT2D eigenvalue weighted by Crippen LogP contribution is 2.28. The number of benzene rings is 4. The second kappa shape index (κ2) is 9.45. The summed E-state index contributed by atoms with van der Waals surface area (Å²) in [5.41, 5.74) is 3.12.